The fourth-order valence-electron chi connectivity index (χ4n) is 2.80. The summed E-state index contributed by atoms with van der Waals surface area (Å²) in [5.41, 5.74) is 4.38. The minimum Gasteiger partial charge on any atom is -0.378 e. The van der Waals surface area contributed by atoms with E-state index in [9.17, 15) is 0 Å². The van der Waals surface area contributed by atoms with E-state index in [1.807, 2.05) is 0 Å². The molecular formula is C14H17N. The second kappa shape index (κ2) is 3.13. The van der Waals surface area contributed by atoms with Crippen molar-refractivity contribution in [1.29, 1.82) is 0 Å². The molecular weight excluding hydrogens is 182 g/mol. The monoisotopic (exact) mass is 199 g/mol. The van der Waals surface area contributed by atoms with Gasteiger partial charge in [0.1, 0.15) is 0 Å². The Balaban J connectivity index is 1.97. The van der Waals surface area contributed by atoms with Gasteiger partial charge in [0.05, 0.1) is 6.04 Å². The molecule has 0 saturated heterocycles. The number of hydrogen-bond donors (Lipinski definition) is 1. The van der Waals surface area contributed by atoms with Crippen LogP contribution in [0.5, 0.6) is 0 Å². The van der Waals surface area contributed by atoms with Crippen LogP contribution in [0.3, 0.4) is 0 Å². The molecule has 1 N–H and O–H groups in total. The summed E-state index contributed by atoms with van der Waals surface area (Å²) in [6, 6.07) is 0.508. The predicted octanol–water partition coefficient (Wildman–Crippen LogP) is 2.94. The Hall–Kier alpha value is -1.24. The minimum atomic E-state index is 0.508. The van der Waals surface area contributed by atoms with Crippen molar-refractivity contribution in [1.82, 2.24) is 5.32 Å². The largest absolute Gasteiger partial charge is 0.378 e. The van der Waals surface area contributed by atoms with Crippen molar-refractivity contribution < 1.29 is 0 Å². The van der Waals surface area contributed by atoms with Gasteiger partial charge >= 0.3 is 0 Å². The van der Waals surface area contributed by atoms with Crippen LogP contribution in [0.2, 0.25) is 0 Å². The molecule has 1 nitrogen and oxygen atoms in total. The van der Waals surface area contributed by atoms with Crippen molar-refractivity contribution in [2.24, 2.45) is 11.8 Å². The summed E-state index contributed by atoms with van der Waals surface area (Å²) in [6.45, 7) is 4.48. The van der Waals surface area contributed by atoms with Gasteiger partial charge in [0.15, 0.2) is 0 Å². The van der Waals surface area contributed by atoms with Gasteiger partial charge in [-0.1, -0.05) is 36.8 Å². The first-order valence-corrected chi connectivity index (χ1v) is 5.78. The van der Waals surface area contributed by atoms with Crippen molar-refractivity contribution in [3.8, 4) is 0 Å². The maximum Gasteiger partial charge on any atom is 0.0548 e. The van der Waals surface area contributed by atoms with E-state index in [2.05, 4.69) is 49.5 Å². The Labute approximate surface area is 91.3 Å². The lowest BCUT2D eigenvalue weighted by atomic mass is 9.82. The molecule has 3 atom stereocenters. The van der Waals surface area contributed by atoms with Gasteiger partial charge in [-0.3, -0.25) is 0 Å². The zero-order valence-electron chi connectivity index (χ0n) is 9.33. The molecule has 3 aliphatic rings. The van der Waals surface area contributed by atoms with E-state index in [0.717, 1.165) is 0 Å². The van der Waals surface area contributed by atoms with Crippen molar-refractivity contribution >= 4 is 0 Å². The third-order valence-corrected chi connectivity index (χ3v) is 3.60. The third-order valence-electron chi connectivity index (χ3n) is 3.60. The molecule has 2 aliphatic carbocycles. The molecule has 1 aliphatic heterocycles. The normalized spacial score (nSPS) is 37.2. The summed E-state index contributed by atoms with van der Waals surface area (Å²) in [5.74, 6) is 1.31. The second-order valence-electron chi connectivity index (χ2n) is 4.95. The van der Waals surface area contributed by atoms with Gasteiger partial charge in [0.2, 0.25) is 0 Å². The molecule has 0 spiro atoms. The molecule has 1 heterocycles. The van der Waals surface area contributed by atoms with Gasteiger partial charge < -0.3 is 5.32 Å². The maximum atomic E-state index is 3.60. The van der Waals surface area contributed by atoms with Gasteiger partial charge in [0, 0.05) is 11.6 Å². The van der Waals surface area contributed by atoms with Gasteiger partial charge in [0.25, 0.3) is 0 Å². The molecule has 0 aromatic carbocycles. The molecule has 0 fully saturated rings. The van der Waals surface area contributed by atoms with Crippen LogP contribution >= 0.6 is 0 Å². The third kappa shape index (κ3) is 1.38. The standard InChI is InChI=1S/C14H17N/c1-9-3-5-13-11(7-9)12-8-10(2)4-6-14(12)15-13/h3-7,10-11,13,15H,8H2,1-2H3. The van der Waals surface area contributed by atoms with Gasteiger partial charge in [-0.05, 0) is 30.9 Å². The molecule has 0 radical (unpaired) electrons. The first-order chi connectivity index (χ1) is 7.24. The molecule has 3 unspecified atom stereocenters. The van der Waals surface area contributed by atoms with Crippen LogP contribution in [0.15, 0.2) is 47.2 Å². The number of allylic oxidation sites excluding steroid dienone is 4. The van der Waals surface area contributed by atoms with Crippen LogP contribution < -0.4 is 5.32 Å². The number of hydrogen-bond acceptors (Lipinski definition) is 1. The Kier molecular flexibility index (Phi) is 1.88. The summed E-state index contributed by atoms with van der Waals surface area (Å²) >= 11 is 0. The van der Waals surface area contributed by atoms with E-state index in [4.69, 9.17) is 0 Å². The molecule has 0 amide bonds. The summed E-state index contributed by atoms with van der Waals surface area (Å²) in [4.78, 5) is 0. The summed E-state index contributed by atoms with van der Waals surface area (Å²) in [7, 11) is 0. The molecule has 0 aromatic rings. The Bertz CT molecular complexity index is 409. The molecule has 0 aromatic heterocycles. The highest BCUT2D eigenvalue weighted by molar-refractivity contribution is 5.44. The van der Waals surface area contributed by atoms with E-state index in [-0.39, 0.29) is 0 Å². The second-order valence-corrected chi connectivity index (χ2v) is 4.95. The SMILES string of the molecule is CC1=CC2C3=C(C=CC(C)C3)NC2C=C1. The van der Waals surface area contributed by atoms with E-state index >= 15 is 0 Å². The average molecular weight is 199 g/mol. The Morgan fingerprint density at radius 1 is 1.27 bits per heavy atom. The molecule has 1 heteroatoms. The highest BCUT2D eigenvalue weighted by Gasteiger charge is 2.33. The first kappa shape index (κ1) is 9.02. The van der Waals surface area contributed by atoms with Crippen LogP contribution in [-0.2, 0) is 0 Å². The van der Waals surface area contributed by atoms with E-state index in [1.54, 1.807) is 5.57 Å². The zero-order valence-corrected chi connectivity index (χ0v) is 9.33. The topological polar surface area (TPSA) is 12.0 Å². The van der Waals surface area contributed by atoms with Gasteiger partial charge in [-0.25, -0.2) is 0 Å². The quantitative estimate of drug-likeness (QED) is 0.632. The predicted molar refractivity (Wildman–Crippen MR) is 63.3 cm³/mol. The van der Waals surface area contributed by atoms with Crippen LogP contribution in [0.1, 0.15) is 20.3 Å². The molecule has 0 saturated carbocycles. The van der Waals surface area contributed by atoms with E-state index in [1.165, 1.54) is 17.7 Å². The smallest absolute Gasteiger partial charge is 0.0548 e. The highest BCUT2D eigenvalue weighted by atomic mass is 15.0. The summed E-state index contributed by atoms with van der Waals surface area (Å²) in [5, 5.41) is 3.60. The Morgan fingerprint density at radius 3 is 3.00 bits per heavy atom. The minimum absolute atomic E-state index is 0.508. The molecule has 0 bridgehead atoms. The van der Waals surface area contributed by atoms with Gasteiger partial charge in [-0.2, -0.15) is 0 Å². The lowest BCUT2D eigenvalue weighted by Crippen LogP contribution is -2.27. The van der Waals surface area contributed by atoms with Crippen molar-refractivity contribution in [3.63, 3.8) is 0 Å². The highest BCUT2D eigenvalue weighted by Crippen LogP contribution is 2.38. The van der Waals surface area contributed by atoms with E-state index < -0.39 is 0 Å². The lowest BCUT2D eigenvalue weighted by Gasteiger charge is -2.21. The van der Waals surface area contributed by atoms with Crippen molar-refractivity contribution in [3.05, 3.63) is 47.2 Å². The van der Waals surface area contributed by atoms with Crippen LogP contribution in [0, 0.1) is 11.8 Å². The van der Waals surface area contributed by atoms with Crippen molar-refractivity contribution in [2.75, 3.05) is 0 Å². The average Bonchev–Trinajstić information content (AvgIpc) is 2.56. The molecule has 78 valence electrons. The number of fused-ring (bicyclic) bond motifs is 2. The molecule has 15 heavy (non-hydrogen) atoms. The van der Waals surface area contributed by atoms with Crippen LogP contribution in [-0.4, -0.2) is 6.04 Å². The van der Waals surface area contributed by atoms with Gasteiger partial charge in [-0.15, -0.1) is 0 Å². The van der Waals surface area contributed by atoms with E-state index in [0.29, 0.717) is 17.9 Å². The lowest BCUT2D eigenvalue weighted by molar-refractivity contribution is 0.591. The van der Waals surface area contributed by atoms with Crippen LogP contribution in [0.4, 0.5) is 0 Å². The fourth-order valence-corrected chi connectivity index (χ4v) is 2.80. The fraction of sp³-hybridized carbons (Fsp3) is 0.429. The summed E-state index contributed by atoms with van der Waals surface area (Å²) in [6.07, 6.45) is 12.7. The number of rotatable bonds is 0. The number of nitrogens with one attached hydrogen (secondary N) is 1. The Morgan fingerprint density at radius 2 is 2.13 bits per heavy atom. The maximum absolute atomic E-state index is 3.60. The van der Waals surface area contributed by atoms with Crippen molar-refractivity contribution in [2.45, 2.75) is 26.3 Å². The zero-order chi connectivity index (χ0) is 10.4. The van der Waals surface area contributed by atoms with Crippen LogP contribution in [0.25, 0.3) is 0 Å². The first-order valence-electron chi connectivity index (χ1n) is 5.78. The summed E-state index contributed by atoms with van der Waals surface area (Å²) < 4.78 is 0. The molecule has 3 rings (SSSR count).